The zero-order chi connectivity index (χ0) is 20.7. The number of nitrogens with zero attached hydrogens (tertiary/aromatic N) is 2. The van der Waals surface area contributed by atoms with Gasteiger partial charge in [0.1, 0.15) is 6.04 Å². The van der Waals surface area contributed by atoms with Gasteiger partial charge in [0, 0.05) is 57.4 Å². The van der Waals surface area contributed by atoms with Crippen molar-refractivity contribution in [2.45, 2.75) is 57.0 Å². The molecule has 4 aliphatic heterocycles. The zero-order valence-corrected chi connectivity index (χ0v) is 17.1. The molecule has 2 N–H and O–H groups in total. The van der Waals surface area contributed by atoms with Gasteiger partial charge in [-0.25, -0.2) is 0 Å². The van der Waals surface area contributed by atoms with Crippen molar-refractivity contribution in [3.8, 4) is 0 Å². The van der Waals surface area contributed by atoms with Gasteiger partial charge in [-0.3, -0.25) is 24.6 Å². The van der Waals surface area contributed by atoms with Crippen LogP contribution < -0.4 is 10.6 Å². The average molecular weight is 412 g/mol. The van der Waals surface area contributed by atoms with Crippen LogP contribution >= 0.6 is 0 Å². The normalized spacial score (nSPS) is 26.8. The van der Waals surface area contributed by atoms with E-state index in [4.69, 9.17) is 4.74 Å². The maximum atomic E-state index is 13.3. The smallest absolute Gasteiger partial charge is 0.255 e. The number of nitrogens with one attached hydrogen (secondary N) is 2. The zero-order valence-electron chi connectivity index (χ0n) is 17.1. The van der Waals surface area contributed by atoms with Crippen LogP contribution in [0.1, 0.15) is 47.2 Å². The summed E-state index contributed by atoms with van der Waals surface area (Å²) < 4.78 is 5.86. The highest BCUT2D eigenvalue weighted by Crippen LogP contribution is 2.31. The molecule has 0 saturated carbocycles. The van der Waals surface area contributed by atoms with Crippen LogP contribution in [0.4, 0.5) is 0 Å². The number of imide groups is 1. The number of carbonyl (C=O) groups is 3. The third-order valence-electron chi connectivity index (χ3n) is 6.75. The lowest BCUT2D eigenvalue weighted by molar-refractivity contribution is -0.136. The quantitative estimate of drug-likeness (QED) is 0.658. The van der Waals surface area contributed by atoms with Crippen LogP contribution in [0.25, 0.3) is 0 Å². The van der Waals surface area contributed by atoms with E-state index < -0.39 is 6.04 Å². The molecule has 4 heterocycles. The Labute approximate surface area is 175 Å². The Bertz CT molecular complexity index is 863. The molecule has 160 valence electrons. The van der Waals surface area contributed by atoms with Gasteiger partial charge in [-0.2, -0.15) is 0 Å². The molecule has 0 aromatic heterocycles. The minimum absolute atomic E-state index is 0.0982. The van der Waals surface area contributed by atoms with Gasteiger partial charge in [0.05, 0.1) is 6.10 Å². The Hall–Kier alpha value is -2.29. The fourth-order valence-electron chi connectivity index (χ4n) is 4.96. The summed E-state index contributed by atoms with van der Waals surface area (Å²) in [7, 11) is 0. The molecule has 30 heavy (non-hydrogen) atoms. The molecule has 0 bridgehead atoms. The first kappa shape index (κ1) is 19.7. The van der Waals surface area contributed by atoms with E-state index in [0.29, 0.717) is 25.6 Å². The number of hydrogen-bond acceptors (Lipinski definition) is 6. The number of piperidine rings is 1. The fraction of sp³-hybridized carbons (Fsp3) is 0.591. The lowest BCUT2D eigenvalue weighted by Crippen LogP contribution is -2.58. The summed E-state index contributed by atoms with van der Waals surface area (Å²) in [5.41, 5.74) is 2.70. The number of rotatable bonds is 6. The SMILES string of the molecule is O=C1CCC(N2Cc3cccc(CN(CC4CCCO4)C4CNC4)c3C2=O)C(=O)N1. The van der Waals surface area contributed by atoms with Gasteiger partial charge in [0.15, 0.2) is 0 Å². The molecule has 0 radical (unpaired) electrons. The lowest BCUT2D eigenvalue weighted by Gasteiger charge is -2.39. The fourth-order valence-corrected chi connectivity index (χ4v) is 4.96. The Balaban J connectivity index is 1.36. The molecule has 0 aliphatic carbocycles. The van der Waals surface area contributed by atoms with Crippen molar-refractivity contribution in [3.63, 3.8) is 0 Å². The van der Waals surface area contributed by atoms with Crippen molar-refractivity contribution in [1.82, 2.24) is 20.4 Å². The number of carbonyl (C=O) groups excluding carboxylic acids is 3. The van der Waals surface area contributed by atoms with E-state index in [1.54, 1.807) is 4.90 Å². The Morgan fingerprint density at radius 2 is 2.03 bits per heavy atom. The highest BCUT2D eigenvalue weighted by atomic mass is 16.5. The van der Waals surface area contributed by atoms with Crippen LogP contribution in [0.2, 0.25) is 0 Å². The molecular formula is C22H28N4O4. The number of fused-ring (bicyclic) bond motifs is 1. The molecule has 2 unspecified atom stereocenters. The number of amides is 3. The number of benzene rings is 1. The largest absolute Gasteiger partial charge is 0.377 e. The van der Waals surface area contributed by atoms with Crippen molar-refractivity contribution >= 4 is 17.7 Å². The van der Waals surface area contributed by atoms with Crippen LogP contribution in [-0.4, -0.2) is 72.0 Å². The molecular weight excluding hydrogens is 384 g/mol. The number of hydrogen-bond donors (Lipinski definition) is 2. The standard InChI is InChI=1S/C22H28N4O4/c27-19-7-6-18(21(28)24-19)26-12-15-4-1-3-14(20(15)22(26)29)11-25(16-9-23-10-16)13-17-5-2-8-30-17/h1,3-4,16-18,23H,2,5-13H2,(H,24,27,28). The average Bonchev–Trinajstić information content (AvgIpc) is 3.29. The first-order chi connectivity index (χ1) is 14.6. The monoisotopic (exact) mass is 412 g/mol. The van der Waals surface area contributed by atoms with Gasteiger partial charge in [0.25, 0.3) is 5.91 Å². The predicted molar refractivity (Wildman–Crippen MR) is 109 cm³/mol. The van der Waals surface area contributed by atoms with Gasteiger partial charge in [-0.1, -0.05) is 18.2 Å². The molecule has 8 nitrogen and oxygen atoms in total. The third-order valence-corrected chi connectivity index (χ3v) is 6.75. The van der Waals surface area contributed by atoms with E-state index in [9.17, 15) is 14.4 Å². The molecule has 8 heteroatoms. The van der Waals surface area contributed by atoms with Crippen molar-refractivity contribution in [2.24, 2.45) is 0 Å². The molecule has 1 aromatic rings. The van der Waals surface area contributed by atoms with Crippen molar-refractivity contribution < 1.29 is 19.1 Å². The van der Waals surface area contributed by atoms with Crippen LogP contribution in [0.3, 0.4) is 0 Å². The topological polar surface area (TPSA) is 91.0 Å². The van der Waals surface area contributed by atoms with Gasteiger partial charge in [-0.15, -0.1) is 0 Å². The van der Waals surface area contributed by atoms with Crippen molar-refractivity contribution in [1.29, 1.82) is 0 Å². The van der Waals surface area contributed by atoms with E-state index in [2.05, 4.69) is 15.5 Å². The maximum absolute atomic E-state index is 13.3. The van der Waals surface area contributed by atoms with Crippen LogP contribution in [0, 0.1) is 0 Å². The van der Waals surface area contributed by atoms with Crippen molar-refractivity contribution in [2.75, 3.05) is 26.2 Å². The molecule has 3 fully saturated rings. The second kappa shape index (κ2) is 8.09. The highest BCUT2D eigenvalue weighted by molar-refractivity contribution is 6.05. The van der Waals surface area contributed by atoms with E-state index in [1.807, 2.05) is 18.2 Å². The Morgan fingerprint density at radius 1 is 1.17 bits per heavy atom. The van der Waals surface area contributed by atoms with E-state index >= 15 is 0 Å². The van der Waals surface area contributed by atoms with E-state index in [0.717, 1.165) is 55.8 Å². The predicted octanol–water partition coefficient (Wildman–Crippen LogP) is 0.400. The molecule has 4 aliphatic rings. The summed E-state index contributed by atoms with van der Waals surface area (Å²) in [5, 5.41) is 5.71. The van der Waals surface area contributed by atoms with Crippen LogP contribution in [0.5, 0.6) is 0 Å². The Morgan fingerprint density at radius 3 is 2.73 bits per heavy atom. The summed E-state index contributed by atoms with van der Waals surface area (Å²) in [4.78, 5) is 41.2. The molecule has 1 aromatic carbocycles. The minimum atomic E-state index is -0.575. The van der Waals surface area contributed by atoms with Crippen LogP contribution in [-0.2, 0) is 27.4 Å². The summed E-state index contributed by atoms with van der Waals surface area (Å²) in [5.74, 6) is -0.728. The highest BCUT2D eigenvalue weighted by Gasteiger charge is 2.40. The summed E-state index contributed by atoms with van der Waals surface area (Å²) >= 11 is 0. The minimum Gasteiger partial charge on any atom is -0.377 e. The van der Waals surface area contributed by atoms with Gasteiger partial charge >= 0.3 is 0 Å². The van der Waals surface area contributed by atoms with Crippen molar-refractivity contribution in [3.05, 3.63) is 34.9 Å². The first-order valence-electron chi connectivity index (χ1n) is 10.9. The summed E-state index contributed by atoms with van der Waals surface area (Å²) in [6, 6.07) is 5.87. The lowest BCUT2D eigenvalue weighted by atomic mass is 10.0. The molecule has 3 saturated heterocycles. The summed E-state index contributed by atoms with van der Waals surface area (Å²) in [6.07, 6.45) is 3.12. The third kappa shape index (κ3) is 3.64. The van der Waals surface area contributed by atoms with E-state index in [-0.39, 0.29) is 30.2 Å². The second-order valence-electron chi connectivity index (χ2n) is 8.73. The molecule has 5 rings (SSSR count). The van der Waals surface area contributed by atoms with Gasteiger partial charge < -0.3 is 15.0 Å². The Kier molecular flexibility index (Phi) is 5.30. The molecule has 2 atom stereocenters. The number of ether oxygens (including phenoxy) is 1. The van der Waals surface area contributed by atoms with Gasteiger partial charge in [0.2, 0.25) is 11.8 Å². The summed E-state index contributed by atoms with van der Waals surface area (Å²) in [6.45, 7) is 4.74. The molecule has 0 spiro atoms. The second-order valence-corrected chi connectivity index (χ2v) is 8.73. The molecule has 3 amide bonds. The van der Waals surface area contributed by atoms with Crippen LogP contribution in [0.15, 0.2) is 18.2 Å². The van der Waals surface area contributed by atoms with E-state index in [1.165, 1.54) is 0 Å². The first-order valence-corrected chi connectivity index (χ1v) is 10.9. The maximum Gasteiger partial charge on any atom is 0.255 e. The van der Waals surface area contributed by atoms with Gasteiger partial charge in [-0.05, 0) is 30.4 Å².